The molecule has 3 aromatic carbocycles. The average molecular weight is 390 g/mol. The zero-order valence-electron chi connectivity index (χ0n) is 17.3. The second-order valence-corrected chi connectivity index (χ2v) is 7.32. The number of rotatable bonds is 8. The summed E-state index contributed by atoms with van der Waals surface area (Å²) in [7, 11) is 1.67. The third-order valence-corrected chi connectivity index (χ3v) is 5.09. The molecule has 0 bridgehead atoms. The fourth-order valence-electron chi connectivity index (χ4n) is 3.34. The van der Waals surface area contributed by atoms with E-state index in [1.165, 1.54) is 5.56 Å². The maximum atomic E-state index is 13.1. The van der Waals surface area contributed by atoms with Crippen LogP contribution in [0.5, 0.6) is 5.75 Å². The summed E-state index contributed by atoms with van der Waals surface area (Å²) in [5, 5.41) is 5.24. The Kier molecular flexibility index (Phi) is 7.04. The summed E-state index contributed by atoms with van der Waals surface area (Å²) in [6.45, 7) is 4.86. The highest BCUT2D eigenvalue weighted by Crippen LogP contribution is 2.19. The number of benzene rings is 3. The van der Waals surface area contributed by atoms with Gasteiger partial charge in [0.2, 0.25) is 0 Å². The van der Waals surface area contributed by atoms with E-state index in [0.29, 0.717) is 0 Å². The molecule has 4 heteroatoms. The Morgan fingerprint density at radius 3 is 2.41 bits per heavy atom. The van der Waals surface area contributed by atoms with Gasteiger partial charge in [-0.05, 0) is 48.7 Å². The van der Waals surface area contributed by atoms with Crippen LogP contribution in [0.2, 0.25) is 0 Å². The first-order valence-electron chi connectivity index (χ1n) is 9.96. The standard InChI is InChI=1S/C25H28N2O2/c1-18-9-10-19(2)23(17-18)27-25(28)24(21-7-5-4-6-8-21)26-16-15-20-11-13-22(29-3)14-12-20/h4-14,17,24,26H,15-16H2,1-3H3,(H,27,28)/p+1/t24-/m0/s1. The second-order valence-electron chi connectivity index (χ2n) is 7.32. The molecule has 0 saturated carbocycles. The van der Waals surface area contributed by atoms with Crippen LogP contribution in [-0.2, 0) is 11.2 Å². The van der Waals surface area contributed by atoms with Gasteiger partial charge in [-0.2, -0.15) is 0 Å². The Bertz CT molecular complexity index is 937. The molecule has 3 rings (SSSR count). The molecule has 0 radical (unpaired) electrons. The first kappa shape index (κ1) is 20.6. The number of anilines is 1. The maximum absolute atomic E-state index is 13.1. The molecule has 0 spiro atoms. The number of carbonyl (C=O) groups is 1. The van der Waals surface area contributed by atoms with Crippen LogP contribution in [0.1, 0.15) is 28.3 Å². The van der Waals surface area contributed by atoms with Gasteiger partial charge in [-0.1, -0.05) is 54.6 Å². The second kappa shape index (κ2) is 9.89. The number of nitrogens with two attached hydrogens (primary N) is 1. The largest absolute Gasteiger partial charge is 0.497 e. The van der Waals surface area contributed by atoms with Crippen LogP contribution in [0.3, 0.4) is 0 Å². The van der Waals surface area contributed by atoms with Gasteiger partial charge < -0.3 is 15.4 Å². The summed E-state index contributed by atoms with van der Waals surface area (Å²) in [5.74, 6) is 0.854. The van der Waals surface area contributed by atoms with Gasteiger partial charge in [-0.25, -0.2) is 0 Å². The predicted octanol–water partition coefficient (Wildman–Crippen LogP) is 3.80. The Balaban J connectivity index is 1.70. The first-order valence-corrected chi connectivity index (χ1v) is 9.96. The van der Waals surface area contributed by atoms with Crippen LogP contribution in [0.4, 0.5) is 5.69 Å². The van der Waals surface area contributed by atoms with E-state index in [1.54, 1.807) is 7.11 Å². The van der Waals surface area contributed by atoms with Gasteiger partial charge in [0.1, 0.15) is 5.75 Å². The fraction of sp³-hybridized carbons (Fsp3) is 0.240. The molecule has 0 fully saturated rings. The fourth-order valence-corrected chi connectivity index (χ4v) is 3.34. The highest BCUT2D eigenvalue weighted by atomic mass is 16.5. The van der Waals surface area contributed by atoms with E-state index < -0.39 is 0 Å². The van der Waals surface area contributed by atoms with Crippen LogP contribution >= 0.6 is 0 Å². The lowest BCUT2D eigenvalue weighted by Gasteiger charge is -2.17. The molecule has 0 saturated heterocycles. The maximum Gasteiger partial charge on any atom is 0.287 e. The van der Waals surface area contributed by atoms with Crippen molar-refractivity contribution in [2.75, 3.05) is 19.0 Å². The normalized spacial score (nSPS) is 11.7. The van der Waals surface area contributed by atoms with Gasteiger partial charge in [-0.15, -0.1) is 0 Å². The van der Waals surface area contributed by atoms with E-state index in [1.807, 2.05) is 68.4 Å². The summed E-state index contributed by atoms with van der Waals surface area (Å²) in [6.07, 6.45) is 0.879. The molecule has 0 aliphatic heterocycles. The number of methoxy groups -OCH3 is 1. The quantitative estimate of drug-likeness (QED) is 0.616. The van der Waals surface area contributed by atoms with E-state index in [0.717, 1.165) is 41.1 Å². The lowest BCUT2D eigenvalue weighted by atomic mass is 10.0. The molecule has 29 heavy (non-hydrogen) atoms. The highest BCUT2D eigenvalue weighted by Gasteiger charge is 2.24. The van der Waals surface area contributed by atoms with Crippen molar-refractivity contribution >= 4 is 11.6 Å². The van der Waals surface area contributed by atoms with Crippen molar-refractivity contribution in [3.63, 3.8) is 0 Å². The molecule has 0 heterocycles. The number of hydrogen-bond donors (Lipinski definition) is 2. The molecular weight excluding hydrogens is 360 g/mol. The molecule has 3 N–H and O–H groups in total. The van der Waals surface area contributed by atoms with Crippen LogP contribution in [0.15, 0.2) is 72.8 Å². The van der Waals surface area contributed by atoms with Gasteiger partial charge in [0.15, 0.2) is 6.04 Å². The molecule has 0 aliphatic rings. The van der Waals surface area contributed by atoms with Gasteiger partial charge in [0, 0.05) is 17.7 Å². The third-order valence-electron chi connectivity index (χ3n) is 5.09. The molecule has 0 unspecified atom stereocenters. The SMILES string of the molecule is COc1ccc(CC[NH2+][C@H](C(=O)Nc2cc(C)ccc2C)c2ccccc2)cc1. The summed E-state index contributed by atoms with van der Waals surface area (Å²) in [5.41, 5.74) is 5.30. The van der Waals surface area contributed by atoms with Gasteiger partial charge in [0.05, 0.1) is 13.7 Å². The molecule has 1 atom stereocenters. The van der Waals surface area contributed by atoms with Gasteiger partial charge in [0.25, 0.3) is 5.91 Å². The van der Waals surface area contributed by atoms with Crippen molar-refractivity contribution < 1.29 is 14.8 Å². The average Bonchev–Trinajstić information content (AvgIpc) is 2.75. The summed E-state index contributed by atoms with van der Waals surface area (Å²) in [6, 6.07) is 23.8. The van der Waals surface area contributed by atoms with E-state index in [-0.39, 0.29) is 11.9 Å². The highest BCUT2D eigenvalue weighted by molar-refractivity contribution is 5.95. The number of hydrogen-bond acceptors (Lipinski definition) is 2. The molecule has 4 nitrogen and oxygen atoms in total. The van der Waals surface area contributed by atoms with Crippen LogP contribution in [0.25, 0.3) is 0 Å². The molecule has 3 aromatic rings. The van der Waals surface area contributed by atoms with Crippen LogP contribution in [0, 0.1) is 13.8 Å². The van der Waals surface area contributed by atoms with Crippen LogP contribution in [-0.4, -0.2) is 19.6 Å². The van der Waals surface area contributed by atoms with E-state index in [9.17, 15) is 4.79 Å². The van der Waals surface area contributed by atoms with E-state index in [2.05, 4.69) is 28.8 Å². The molecule has 0 aromatic heterocycles. The lowest BCUT2D eigenvalue weighted by molar-refractivity contribution is -0.682. The number of ether oxygens (including phenoxy) is 1. The first-order chi connectivity index (χ1) is 14.1. The number of amides is 1. The Labute approximate surface area is 172 Å². The van der Waals surface area contributed by atoms with Crippen molar-refractivity contribution in [2.24, 2.45) is 0 Å². The topological polar surface area (TPSA) is 54.9 Å². The van der Waals surface area contributed by atoms with Crippen molar-refractivity contribution in [3.8, 4) is 5.75 Å². The minimum absolute atomic E-state index is 0.000342. The number of aryl methyl sites for hydroxylation is 2. The number of quaternary nitrogens is 1. The predicted molar refractivity (Wildman–Crippen MR) is 117 cm³/mol. The minimum Gasteiger partial charge on any atom is -0.497 e. The lowest BCUT2D eigenvalue weighted by Crippen LogP contribution is -2.87. The van der Waals surface area contributed by atoms with Crippen LogP contribution < -0.4 is 15.4 Å². The van der Waals surface area contributed by atoms with Crippen molar-refractivity contribution in [1.29, 1.82) is 0 Å². The smallest absolute Gasteiger partial charge is 0.287 e. The minimum atomic E-state index is -0.297. The van der Waals surface area contributed by atoms with Crippen molar-refractivity contribution in [2.45, 2.75) is 26.3 Å². The molecule has 1 amide bonds. The molecule has 150 valence electrons. The van der Waals surface area contributed by atoms with Gasteiger partial charge >= 0.3 is 0 Å². The monoisotopic (exact) mass is 389 g/mol. The Hall–Kier alpha value is -3.11. The summed E-state index contributed by atoms with van der Waals surface area (Å²) >= 11 is 0. The molecular formula is C25H29N2O2+. The third kappa shape index (κ3) is 5.69. The van der Waals surface area contributed by atoms with Crippen molar-refractivity contribution in [3.05, 3.63) is 95.1 Å². The summed E-state index contributed by atoms with van der Waals surface area (Å²) in [4.78, 5) is 13.1. The Morgan fingerprint density at radius 2 is 1.72 bits per heavy atom. The van der Waals surface area contributed by atoms with Gasteiger partial charge in [-0.3, -0.25) is 4.79 Å². The van der Waals surface area contributed by atoms with E-state index in [4.69, 9.17) is 4.74 Å². The van der Waals surface area contributed by atoms with Crippen molar-refractivity contribution in [1.82, 2.24) is 0 Å². The Morgan fingerprint density at radius 1 is 1.00 bits per heavy atom. The molecule has 0 aliphatic carbocycles. The number of nitrogens with one attached hydrogen (secondary N) is 1. The number of carbonyl (C=O) groups excluding carboxylic acids is 1. The zero-order chi connectivity index (χ0) is 20.6. The zero-order valence-corrected chi connectivity index (χ0v) is 17.3. The summed E-state index contributed by atoms with van der Waals surface area (Å²) < 4.78 is 5.22. The van der Waals surface area contributed by atoms with E-state index >= 15 is 0 Å².